The zero-order chi connectivity index (χ0) is 18.4. The summed E-state index contributed by atoms with van der Waals surface area (Å²) in [4.78, 5) is 4.82. The first-order valence-electron chi connectivity index (χ1n) is 9.45. The fraction of sp³-hybridized carbons (Fsp3) is 0.476. The van der Waals surface area contributed by atoms with Gasteiger partial charge in [-0.2, -0.15) is 0 Å². The number of hydrogen-bond acceptors (Lipinski definition) is 3. The second-order valence-corrected chi connectivity index (χ2v) is 6.78. The van der Waals surface area contributed by atoms with E-state index in [4.69, 9.17) is 14.1 Å². The lowest BCUT2D eigenvalue weighted by molar-refractivity contribution is 0.0925. The Bertz CT molecular complexity index is 717. The number of hydrogen-bond donors (Lipinski definition) is 2. The van der Waals surface area contributed by atoms with Crippen LogP contribution in [0.3, 0.4) is 0 Å². The minimum atomic E-state index is 0. The molecule has 0 bridgehead atoms. The van der Waals surface area contributed by atoms with Crippen molar-refractivity contribution in [3.8, 4) is 0 Å². The van der Waals surface area contributed by atoms with E-state index in [1.54, 1.807) is 0 Å². The average Bonchev–Trinajstić information content (AvgIpc) is 3.29. The van der Waals surface area contributed by atoms with Gasteiger partial charge in [-0.15, -0.1) is 24.0 Å². The molecule has 3 rings (SSSR count). The van der Waals surface area contributed by atoms with Crippen LogP contribution >= 0.6 is 24.0 Å². The van der Waals surface area contributed by atoms with Crippen LogP contribution in [0.25, 0.3) is 0 Å². The summed E-state index contributed by atoms with van der Waals surface area (Å²) >= 11 is 0. The maximum Gasteiger partial charge on any atom is 0.191 e. The van der Waals surface area contributed by atoms with Gasteiger partial charge in [0.05, 0.1) is 12.1 Å². The minimum absolute atomic E-state index is 0. The molecule has 1 saturated heterocycles. The van der Waals surface area contributed by atoms with E-state index >= 15 is 0 Å². The summed E-state index contributed by atoms with van der Waals surface area (Å²) in [5.74, 6) is 3.05. The highest BCUT2D eigenvalue weighted by atomic mass is 127. The van der Waals surface area contributed by atoms with E-state index in [-0.39, 0.29) is 36.1 Å². The molecule has 2 N–H and O–H groups in total. The van der Waals surface area contributed by atoms with Crippen LogP contribution in [0.5, 0.6) is 0 Å². The van der Waals surface area contributed by atoms with E-state index in [1.165, 1.54) is 5.56 Å². The van der Waals surface area contributed by atoms with Crippen molar-refractivity contribution in [3.63, 3.8) is 0 Å². The average molecular weight is 483 g/mol. The van der Waals surface area contributed by atoms with Gasteiger partial charge < -0.3 is 19.8 Å². The van der Waals surface area contributed by atoms with Gasteiger partial charge >= 0.3 is 0 Å². The molecule has 0 saturated carbocycles. The van der Waals surface area contributed by atoms with E-state index in [1.807, 2.05) is 25.1 Å². The first-order valence-corrected chi connectivity index (χ1v) is 9.45. The third-order valence-corrected chi connectivity index (χ3v) is 4.71. The maximum atomic E-state index is 5.97. The molecule has 3 atom stereocenters. The van der Waals surface area contributed by atoms with E-state index < -0.39 is 0 Å². The van der Waals surface area contributed by atoms with Crippen molar-refractivity contribution in [2.24, 2.45) is 10.9 Å². The van der Waals surface area contributed by atoms with Crippen LogP contribution in [-0.2, 0) is 4.74 Å². The van der Waals surface area contributed by atoms with Crippen molar-refractivity contribution in [2.45, 2.75) is 39.3 Å². The Morgan fingerprint density at radius 1 is 1.22 bits per heavy atom. The van der Waals surface area contributed by atoms with E-state index in [2.05, 4.69) is 48.7 Å². The summed E-state index contributed by atoms with van der Waals surface area (Å²) in [6.45, 7) is 8.46. The predicted octanol–water partition coefficient (Wildman–Crippen LogP) is 4.60. The molecule has 3 unspecified atom stereocenters. The lowest BCUT2D eigenvalue weighted by atomic mass is 9.95. The SMILES string of the molecule is CCNC(=NCC1CCOC1c1ccccc1)NC(C)c1ccc(C)o1.I. The number of furan rings is 1. The monoisotopic (exact) mass is 483 g/mol. The zero-order valence-corrected chi connectivity index (χ0v) is 18.6. The molecule has 2 heterocycles. The standard InChI is InChI=1S/C21H29N3O2.HI/c1-4-22-21(24-16(3)19-11-10-15(2)26-19)23-14-18-12-13-25-20(18)17-8-6-5-7-9-17;/h5-11,16,18,20H,4,12-14H2,1-3H3,(H2,22,23,24);1H. The molecule has 5 nitrogen and oxygen atoms in total. The first-order chi connectivity index (χ1) is 12.7. The Kier molecular flexibility index (Phi) is 8.63. The number of halogens is 1. The van der Waals surface area contributed by atoms with Gasteiger partial charge in [-0.3, -0.25) is 4.99 Å². The molecule has 1 aromatic heterocycles. The summed E-state index contributed by atoms with van der Waals surface area (Å²) in [7, 11) is 0. The highest BCUT2D eigenvalue weighted by Crippen LogP contribution is 2.34. The molecule has 0 amide bonds. The number of nitrogens with zero attached hydrogens (tertiary/aromatic N) is 1. The minimum Gasteiger partial charge on any atom is -0.464 e. The van der Waals surface area contributed by atoms with Gasteiger partial charge in [-0.1, -0.05) is 30.3 Å². The van der Waals surface area contributed by atoms with Gasteiger partial charge in [-0.25, -0.2) is 0 Å². The van der Waals surface area contributed by atoms with Crippen molar-refractivity contribution < 1.29 is 9.15 Å². The quantitative estimate of drug-likeness (QED) is 0.358. The van der Waals surface area contributed by atoms with Crippen LogP contribution < -0.4 is 10.6 Å². The number of ether oxygens (including phenoxy) is 1. The molecular formula is C21H30IN3O2. The molecule has 1 aromatic carbocycles. The second kappa shape index (κ2) is 10.7. The number of guanidine groups is 1. The molecule has 1 aliphatic heterocycles. The van der Waals surface area contributed by atoms with Crippen LogP contribution in [0.1, 0.15) is 49.5 Å². The number of aliphatic imine (C=N–C) groups is 1. The summed E-state index contributed by atoms with van der Waals surface area (Å²) in [5, 5.41) is 6.76. The molecule has 1 aliphatic rings. The van der Waals surface area contributed by atoms with Crippen molar-refractivity contribution in [3.05, 3.63) is 59.5 Å². The fourth-order valence-corrected chi connectivity index (χ4v) is 3.32. The normalized spacial score (nSPS) is 20.8. The molecule has 2 aromatic rings. The maximum absolute atomic E-state index is 5.97. The number of aryl methyl sites for hydroxylation is 1. The lowest BCUT2D eigenvalue weighted by Crippen LogP contribution is -2.39. The fourth-order valence-electron chi connectivity index (χ4n) is 3.32. The summed E-state index contributed by atoms with van der Waals surface area (Å²) in [6, 6.07) is 14.5. The third kappa shape index (κ3) is 5.97. The van der Waals surface area contributed by atoms with Crippen LogP contribution in [0, 0.1) is 12.8 Å². The van der Waals surface area contributed by atoms with Gasteiger partial charge in [0.2, 0.25) is 0 Å². The summed E-state index contributed by atoms with van der Waals surface area (Å²) in [5.41, 5.74) is 1.24. The Morgan fingerprint density at radius 3 is 2.67 bits per heavy atom. The number of benzene rings is 1. The van der Waals surface area contributed by atoms with Crippen molar-refractivity contribution in [2.75, 3.05) is 19.7 Å². The first kappa shape index (κ1) is 21.8. The topological polar surface area (TPSA) is 58.8 Å². The van der Waals surface area contributed by atoms with Gasteiger partial charge in [0.25, 0.3) is 0 Å². The summed E-state index contributed by atoms with van der Waals surface area (Å²) < 4.78 is 11.7. The zero-order valence-electron chi connectivity index (χ0n) is 16.3. The molecule has 0 aliphatic carbocycles. The highest BCUT2D eigenvalue weighted by Gasteiger charge is 2.29. The molecule has 27 heavy (non-hydrogen) atoms. The van der Waals surface area contributed by atoms with E-state index in [9.17, 15) is 0 Å². The van der Waals surface area contributed by atoms with Crippen LogP contribution in [-0.4, -0.2) is 25.7 Å². The van der Waals surface area contributed by atoms with Crippen LogP contribution in [0.15, 0.2) is 51.9 Å². The van der Waals surface area contributed by atoms with Crippen LogP contribution in [0.4, 0.5) is 0 Å². The van der Waals surface area contributed by atoms with Gasteiger partial charge in [0, 0.05) is 25.6 Å². The van der Waals surface area contributed by atoms with Gasteiger partial charge in [-0.05, 0) is 44.9 Å². The Labute approximate surface area is 179 Å². The Balaban J connectivity index is 0.00000261. The predicted molar refractivity (Wildman–Crippen MR) is 120 cm³/mol. The van der Waals surface area contributed by atoms with E-state index in [0.717, 1.165) is 43.6 Å². The van der Waals surface area contributed by atoms with Gasteiger partial charge in [0.15, 0.2) is 5.96 Å². The largest absolute Gasteiger partial charge is 0.464 e. The van der Waals surface area contributed by atoms with Crippen LogP contribution in [0.2, 0.25) is 0 Å². The molecule has 1 fully saturated rings. The molecule has 0 spiro atoms. The van der Waals surface area contributed by atoms with Crippen molar-refractivity contribution in [1.82, 2.24) is 10.6 Å². The van der Waals surface area contributed by atoms with Crippen molar-refractivity contribution >= 4 is 29.9 Å². The third-order valence-electron chi connectivity index (χ3n) is 4.71. The second-order valence-electron chi connectivity index (χ2n) is 6.78. The molecule has 6 heteroatoms. The van der Waals surface area contributed by atoms with E-state index in [0.29, 0.717) is 5.92 Å². The highest BCUT2D eigenvalue weighted by molar-refractivity contribution is 14.0. The number of rotatable bonds is 6. The summed E-state index contributed by atoms with van der Waals surface area (Å²) in [6.07, 6.45) is 1.17. The van der Waals surface area contributed by atoms with Gasteiger partial charge in [0.1, 0.15) is 11.5 Å². The molecule has 0 radical (unpaired) electrons. The molecular weight excluding hydrogens is 453 g/mol. The molecule has 148 valence electrons. The Hall–Kier alpha value is -1.54. The Morgan fingerprint density at radius 2 is 2.00 bits per heavy atom. The number of nitrogens with one attached hydrogen (secondary N) is 2. The van der Waals surface area contributed by atoms with Crippen molar-refractivity contribution in [1.29, 1.82) is 0 Å². The lowest BCUT2D eigenvalue weighted by Gasteiger charge is -2.19. The smallest absolute Gasteiger partial charge is 0.191 e.